The number of nitrogens with one attached hydrogen (secondary N) is 1. The van der Waals surface area contributed by atoms with Gasteiger partial charge in [0.15, 0.2) is 11.5 Å². The van der Waals surface area contributed by atoms with E-state index in [0.717, 1.165) is 11.1 Å². The van der Waals surface area contributed by atoms with Crippen LogP contribution in [0.15, 0.2) is 21.7 Å². The average molecular weight is 571 g/mol. The van der Waals surface area contributed by atoms with Gasteiger partial charge in [0, 0.05) is 21.1 Å². The van der Waals surface area contributed by atoms with E-state index in [2.05, 4.69) is 15.0 Å². The first-order valence-corrected chi connectivity index (χ1v) is 8.29. The van der Waals surface area contributed by atoms with E-state index < -0.39 is 36.2 Å². The van der Waals surface area contributed by atoms with E-state index in [0.29, 0.717) is 11.0 Å². The molecule has 3 atom stereocenters. The molecule has 3 rings (SSSR count). The van der Waals surface area contributed by atoms with E-state index in [-0.39, 0.29) is 39.1 Å². The third kappa shape index (κ3) is 4.06. The van der Waals surface area contributed by atoms with Crippen LogP contribution in [0.25, 0.3) is 22.6 Å². The number of aromatic amines is 1. The fourth-order valence-corrected chi connectivity index (χ4v) is 2.89. The van der Waals surface area contributed by atoms with Gasteiger partial charge in [-0.25, -0.2) is 9.78 Å². The first-order valence-electron chi connectivity index (χ1n) is 8.29. The molecule has 1 aromatic rings. The van der Waals surface area contributed by atoms with Crippen molar-refractivity contribution in [3.05, 3.63) is 44.1 Å². The number of aryl methyl sites for hydroxylation is 2. The molecule has 2 aliphatic heterocycles. The molecule has 0 aliphatic carbocycles. The SMILES string of the molecule is Cc1cc2nc3c(=O)[nH]c(=O)nc-3n(C[C@H](O)[C@H](O)[C@H](O)CO)c2cc1C.[Pt]. The summed E-state index contributed by atoms with van der Waals surface area (Å²) in [7, 11) is 0. The van der Waals surface area contributed by atoms with E-state index in [4.69, 9.17) is 5.11 Å². The van der Waals surface area contributed by atoms with Crippen molar-refractivity contribution in [2.75, 3.05) is 6.61 Å². The molecule has 0 saturated carbocycles. The standard InChI is InChI=1S/C17H20N4O6.Pt/c1-7-3-9-10(4-8(7)2)21(5-11(23)14(25)12(24)6-22)15-13(18-9)16(26)20-17(27)19-15;/h3-4,11-12,14,22-25H,5-6H2,1-2H3,(H,20,26,27);/t11-,12+,14-;/m0./s1. The van der Waals surface area contributed by atoms with E-state index in [1.54, 1.807) is 12.1 Å². The minimum atomic E-state index is -1.64. The number of rotatable bonds is 5. The quantitative estimate of drug-likeness (QED) is 0.226. The maximum atomic E-state index is 12.2. The third-order valence-corrected chi connectivity index (χ3v) is 4.57. The minimum Gasteiger partial charge on any atom is -0.394 e. The van der Waals surface area contributed by atoms with Gasteiger partial charge in [0.2, 0.25) is 0 Å². The van der Waals surface area contributed by atoms with Crippen molar-refractivity contribution in [2.24, 2.45) is 0 Å². The molecule has 5 N–H and O–H groups in total. The maximum absolute atomic E-state index is 12.2. The van der Waals surface area contributed by atoms with Crippen molar-refractivity contribution in [1.82, 2.24) is 19.5 Å². The van der Waals surface area contributed by atoms with E-state index in [9.17, 15) is 24.9 Å². The number of hydrogen-bond acceptors (Lipinski definition) is 8. The van der Waals surface area contributed by atoms with Crippen molar-refractivity contribution >= 4 is 11.0 Å². The van der Waals surface area contributed by atoms with Crippen LogP contribution in [0.2, 0.25) is 0 Å². The zero-order valence-corrected chi connectivity index (χ0v) is 17.3. The predicted molar refractivity (Wildman–Crippen MR) is 95.6 cm³/mol. The third-order valence-electron chi connectivity index (χ3n) is 4.57. The molecule has 11 heteroatoms. The largest absolute Gasteiger partial charge is 0.394 e. The van der Waals surface area contributed by atoms with Gasteiger partial charge in [-0.15, -0.1) is 0 Å². The van der Waals surface area contributed by atoms with Gasteiger partial charge >= 0.3 is 5.69 Å². The van der Waals surface area contributed by atoms with Gasteiger partial charge in [-0.1, -0.05) is 0 Å². The van der Waals surface area contributed by atoms with Crippen molar-refractivity contribution in [1.29, 1.82) is 0 Å². The van der Waals surface area contributed by atoms with E-state index >= 15 is 0 Å². The summed E-state index contributed by atoms with van der Waals surface area (Å²) in [6.45, 7) is 2.73. The first-order chi connectivity index (χ1) is 12.7. The summed E-state index contributed by atoms with van der Waals surface area (Å²) < 4.78 is 1.40. The van der Waals surface area contributed by atoms with Crippen LogP contribution < -0.4 is 11.2 Å². The Morgan fingerprint density at radius 3 is 2.36 bits per heavy atom. The van der Waals surface area contributed by atoms with Gasteiger partial charge in [0.25, 0.3) is 5.56 Å². The van der Waals surface area contributed by atoms with Crippen LogP contribution in [0.3, 0.4) is 0 Å². The summed E-state index contributed by atoms with van der Waals surface area (Å²) in [6.07, 6.45) is -4.68. The molecule has 154 valence electrons. The number of aromatic nitrogens is 4. The Bertz CT molecular complexity index is 1080. The maximum Gasteiger partial charge on any atom is 0.349 e. The molecule has 0 bridgehead atoms. The number of hydrogen-bond donors (Lipinski definition) is 5. The minimum absolute atomic E-state index is 0. The summed E-state index contributed by atoms with van der Waals surface area (Å²) >= 11 is 0. The van der Waals surface area contributed by atoms with E-state index in [1.165, 1.54) is 4.57 Å². The van der Waals surface area contributed by atoms with Crippen molar-refractivity contribution in [3.8, 4) is 11.5 Å². The van der Waals surface area contributed by atoms with Gasteiger partial charge in [-0.3, -0.25) is 9.78 Å². The second-order valence-electron chi connectivity index (χ2n) is 6.50. The second-order valence-corrected chi connectivity index (χ2v) is 6.50. The molecular formula is C17H20N4O6Pt. The molecule has 0 fully saturated rings. The fraction of sp³-hybridized carbons (Fsp3) is 0.412. The normalized spacial score (nSPS) is 14.6. The molecular weight excluding hydrogens is 551 g/mol. The van der Waals surface area contributed by atoms with Gasteiger partial charge in [0.05, 0.1) is 24.2 Å². The molecule has 0 unspecified atom stereocenters. The molecule has 0 saturated heterocycles. The first kappa shape index (κ1) is 22.3. The Labute approximate surface area is 173 Å². The van der Waals surface area contributed by atoms with Crippen molar-refractivity contribution in [3.63, 3.8) is 0 Å². The number of H-pyrrole nitrogens is 1. The summed E-state index contributed by atoms with van der Waals surface area (Å²) in [4.78, 5) is 34.0. The van der Waals surface area contributed by atoms with Crippen LogP contribution in [0.1, 0.15) is 11.1 Å². The molecule has 0 radical (unpaired) electrons. The Kier molecular flexibility index (Phi) is 6.84. The molecule has 2 aliphatic rings. The molecule has 0 amide bonds. The number of fused-ring (bicyclic) bond motifs is 2. The van der Waals surface area contributed by atoms with Crippen LogP contribution >= 0.6 is 0 Å². The second kappa shape index (κ2) is 8.58. The number of nitrogens with zero attached hydrogens (tertiary/aromatic N) is 3. The molecule has 0 aromatic heterocycles. The van der Waals surface area contributed by atoms with Gasteiger partial charge < -0.3 is 25.0 Å². The summed E-state index contributed by atoms with van der Waals surface area (Å²) in [5, 5.41) is 38.8. The van der Waals surface area contributed by atoms with Crippen LogP contribution in [0.4, 0.5) is 0 Å². The Morgan fingerprint density at radius 1 is 1.07 bits per heavy atom. The van der Waals surface area contributed by atoms with Gasteiger partial charge in [-0.05, 0) is 37.1 Å². The summed E-state index contributed by atoms with van der Waals surface area (Å²) in [5.41, 5.74) is 1.11. The molecule has 28 heavy (non-hydrogen) atoms. The smallest absolute Gasteiger partial charge is 0.349 e. The van der Waals surface area contributed by atoms with Crippen molar-refractivity contribution in [2.45, 2.75) is 38.7 Å². The Hall–Kier alpha value is -1.97. The summed E-state index contributed by atoms with van der Waals surface area (Å²) in [5.74, 6) is -0.0516. The average Bonchev–Trinajstić information content (AvgIpc) is 2.62. The number of benzene rings is 1. The molecule has 2 heterocycles. The Morgan fingerprint density at radius 2 is 1.71 bits per heavy atom. The molecule has 1 aromatic carbocycles. The number of aliphatic hydroxyl groups excluding tert-OH is 4. The van der Waals surface area contributed by atoms with Crippen LogP contribution in [0, 0.1) is 13.8 Å². The summed E-state index contributed by atoms with van der Waals surface area (Å²) in [6, 6.07) is 3.53. The van der Waals surface area contributed by atoms with Crippen LogP contribution in [-0.2, 0) is 27.6 Å². The number of aliphatic hydroxyl groups is 4. The van der Waals surface area contributed by atoms with Crippen LogP contribution in [-0.4, -0.2) is 64.9 Å². The Balaban J connectivity index is 0.00000280. The zero-order valence-electron chi connectivity index (χ0n) is 15.1. The topological polar surface area (TPSA) is 162 Å². The fourth-order valence-electron chi connectivity index (χ4n) is 2.89. The zero-order chi connectivity index (χ0) is 19.9. The predicted octanol–water partition coefficient (Wildman–Crippen LogP) is -1.73. The molecule has 10 nitrogen and oxygen atoms in total. The van der Waals surface area contributed by atoms with Gasteiger partial charge in [-0.2, -0.15) is 4.98 Å². The monoisotopic (exact) mass is 571 g/mol. The van der Waals surface area contributed by atoms with E-state index in [1.807, 2.05) is 13.8 Å². The van der Waals surface area contributed by atoms with Crippen molar-refractivity contribution < 1.29 is 41.5 Å². The van der Waals surface area contributed by atoms with Crippen LogP contribution in [0.5, 0.6) is 0 Å². The molecule has 0 spiro atoms. The van der Waals surface area contributed by atoms with Gasteiger partial charge in [0.1, 0.15) is 18.3 Å².